The van der Waals surface area contributed by atoms with Gasteiger partial charge in [0.25, 0.3) is 0 Å². The minimum Gasteiger partial charge on any atom is -0.497 e. The van der Waals surface area contributed by atoms with Gasteiger partial charge in [-0.2, -0.15) is 0 Å². The molecule has 0 aliphatic carbocycles. The molecule has 88 valence electrons. The number of benzene rings is 1. The summed E-state index contributed by atoms with van der Waals surface area (Å²) in [5, 5.41) is 3.36. The van der Waals surface area contributed by atoms with Gasteiger partial charge < -0.3 is 10.1 Å². The van der Waals surface area contributed by atoms with Crippen LogP contribution < -0.4 is 10.1 Å². The van der Waals surface area contributed by atoms with Crippen molar-refractivity contribution in [2.75, 3.05) is 12.4 Å². The van der Waals surface area contributed by atoms with Gasteiger partial charge in [-0.25, -0.2) is 0 Å². The molecule has 17 heavy (non-hydrogen) atoms. The summed E-state index contributed by atoms with van der Waals surface area (Å²) in [6, 6.07) is 9.92. The molecule has 2 aromatic rings. The minimum atomic E-state index is 0.771. The van der Waals surface area contributed by atoms with Gasteiger partial charge in [0.15, 0.2) is 0 Å². The third-order valence-electron chi connectivity index (χ3n) is 2.70. The van der Waals surface area contributed by atoms with E-state index in [0.717, 1.165) is 18.0 Å². The molecular weight excluding hydrogens is 212 g/mol. The molecule has 1 N–H and O–H groups in total. The molecule has 2 rings (SSSR count). The number of nitrogens with zero attached hydrogens (tertiary/aromatic N) is 1. The molecule has 0 amide bonds. The van der Waals surface area contributed by atoms with Crippen molar-refractivity contribution in [3.05, 3.63) is 53.9 Å². The highest BCUT2D eigenvalue weighted by Gasteiger charge is 1.99. The molecule has 1 aromatic carbocycles. The molecule has 0 saturated carbocycles. The van der Waals surface area contributed by atoms with Gasteiger partial charge in [-0.1, -0.05) is 6.07 Å². The Morgan fingerprint density at radius 1 is 1.29 bits per heavy atom. The van der Waals surface area contributed by atoms with Crippen molar-refractivity contribution in [2.24, 2.45) is 0 Å². The topological polar surface area (TPSA) is 34.1 Å². The Balaban J connectivity index is 2.05. The average Bonchev–Trinajstić information content (AvgIpc) is 2.38. The van der Waals surface area contributed by atoms with E-state index in [4.69, 9.17) is 4.74 Å². The molecule has 1 heterocycles. The van der Waals surface area contributed by atoms with Crippen molar-refractivity contribution >= 4 is 5.69 Å². The molecule has 0 unspecified atom stereocenters. The molecule has 0 bridgehead atoms. The average molecular weight is 228 g/mol. The van der Waals surface area contributed by atoms with Crippen LogP contribution in [-0.4, -0.2) is 12.1 Å². The lowest BCUT2D eigenvalue weighted by Crippen LogP contribution is -2.01. The maximum absolute atomic E-state index is 5.18. The summed E-state index contributed by atoms with van der Waals surface area (Å²) in [6.45, 7) is 2.86. The number of rotatable bonds is 4. The monoisotopic (exact) mass is 228 g/mol. The van der Waals surface area contributed by atoms with Gasteiger partial charge in [0.2, 0.25) is 0 Å². The van der Waals surface area contributed by atoms with Crippen LogP contribution in [0, 0.1) is 6.92 Å². The molecule has 3 heteroatoms. The molecule has 0 radical (unpaired) electrons. The van der Waals surface area contributed by atoms with Gasteiger partial charge in [-0.15, -0.1) is 0 Å². The summed E-state index contributed by atoms with van der Waals surface area (Å²) in [5.41, 5.74) is 3.50. The first-order valence-electron chi connectivity index (χ1n) is 5.57. The van der Waals surface area contributed by atoms with Crippen LogP contribution >= 0.6 is 0 Å². The van der Waals surface area contributed by atoms with Crippen molar-refractivity contribution < 1.29 is 4.74 Å². The highest BCUT2D eigenvalue weighted by molar-refractivity contribution is 5.48. The Bertz CT molecular complexity index is 497. The van der Waals surface area contributed by atoms with Gasteiger partial charge in [-0.05, 0) is 36.2 Å². The first-order valence-corrected chi connectivity index (χ1v) is 5.57. The van der Waals surface area contributed by atoms with Crippen LogP contribution in [-0.2, 0) is 6.54 Å². The minimum absolute atomic E-state index is 0.771. The smallest absolute Gasteiger partial charge is 0.120 e. The van der Waals surface area contributed by atoms with E-state index in [9.17, 15) is 0 Å². The van der Waals surface area contributed by atoms with Gasteiger partial charge in [0, 0.05) is 30.7 Å². The molecule has 0 aliphatic heterocycles. The number of hydrogen-bond donors (Lipinski definition) is 1. The standard InChI is InChI=1S/C14H16N2O/c1-11-6-7-15-9-12(11)10-16-13-4-3-5-14(8-13)17-2/h3-9,16H,10H2,1-2H3. The van der Waals surface area contributed by atoms with Gasteiger partial charge in [0.1, 0.15) is 5.75 Å². The first-order chi connectivity index (χ1) is 8.29. The zero-order valence-corrected chi connectivity index (χ0v) is 10.1. The van der Waals surface area contributed by atoms with E-state index >= 15 is 0 Å². The molecular formula is C14H16N2O. The van der Waals surface area contributed by atoms with Crippen LogP contribution in [0.15, 0.2) is 42.7 Å². The zero-order chi connectivity index (χ0) is 12.1. The Morgan fingerprint density at radius 3 is 2.94 bits per heavy atom. The van der Waals surface area contributed by atoms with E-state index in [0.29, 0.717) is 0 Å². The molecule has 0 spiro atoms. The van der Waals surface area contributed by atoms with Crippen LogP contribution in [0.25, 0.3) is 0 Å². The van der Waals surface area contributed by atoms with E-state index in [1.807, 2.05) is 42.7 Å². The number of nitrogens with one attached hydrogen (secondary N) is 1. The number of ether oxygens (including phenoxy) is 1. The van der Waals surface area contributed by atoms with Crippen LogP contribution in [0.5, 0.6) is 5.75 Å². The van der Waals surface area contributed by atoms with E-state index in [2.05, 4.69) is 17.2 Å². The summed E-state index contributed by atoms with van der Waals surface area (Å²) in [6.07, 6.45) is 3.70. The second-order valence-corrected chi connectivity index (χ2v) is 3.89. The van der Waals surface area contributed by atoms with Crippen LogP contribution in [0.2, 0.25) is 0 Å². The number of hydrogen-bond acceptors (Lipinski definition) is 3. The molecule has 0 aliphatic rings. The number of anilines is 1. The maximum Gasteiger partial charge on any atom is 0.120 e. The third-order valence-corrected chi connectivity index (χ3v) is 2.70. The lowest BCUT2D eigenvalue weighted by Gasteiger charge is -2.09. The Kier molecular flexibility index (Phi) is 3.60. The number of aromatic nitrogens is 1. The number of methoxy groups -OCH3 is 1. The molecule has 3 nitrogen and oxygen atoms in total. The second kappa shape index (κ2) is 5.34. The van der Waals surface area contributed by atoms with E-state index in [1.165, 1.54) is 11.1 Å². The first kappa shape index (κ1) is 11.5. The second-order valence-electron chi connectivity index (χ2n) is 3.89. The normalized spacial score (nSPS) is 10.0. The van der Waals surface area contributed by atoms with Crippen LogP contribution in [0.3, 0.4) is 0 Å². The fourth-order valence-corrected chi connectivity index (χ4v) is 1.61. The molecule has 0 atom stereocenters. The molecule has 0 fully saturated rings. The van der Waals surface area contributed by atoms with E-state index in [-0.39, 0.29) is 0 Å². The lowest BCUT2D eigenvalue weighted by atomic mass is 10.1. The predicted octanol–water partition coefficient (Wildman–Crippen LogP) is 3.01. The largest absolute Gasteiger partial charge is 0.497 e. The summed E-state index contributed by atoms with van der Waals surface area (Å²) in [5.74, 6) is 0.859. The Morgan fingerprint density at radius 2 is 2.18 bits per heavy atom. The molecule has 0 saturated heterocycles. The van der Waals surface area contributed by atoms with Crippen molar-refractivity contribution in [3.8, 4) is 5.75 Å². The SMILES string of the molecule is COc1cccc(NCc2cnccc2C)c1. The quantitative estimate of drug-likeness (QED) is 0.873. The highest BCUT2D eigenvalue weighted by Crippen LogP contribution is 2.17. The fraction of sp³-hybridized carbons (Fsp3) is 0.214. The van der Waals surface area contributed by atoms with E-state index in [1.54, 1.807) is 7.11 Å². The molecule has 1 aromatic heterocycles. The van der Waals surface area contributed by atoms with Gasteiger partial charge in [0.05, 0.1) is 7.11 Å². The summed E-state index contributed by atoms with van der Waals surface area (Å²) in [7, 11) is 1.67. The highest BCUT2D eigenvalue weighted by atomic mass is 16.5. The summed E-state index contributed by atoms with van der Waals surface area (Å²) < 4.78 is 5.18. The van der Waals surface area contributed by atoms with Gasteiger partial charge in [-0.3, -0.25) is 4.98 Å². The Labute approximate surface area is 101 Å². The summed E-state index contributed by atoms with van der Waals surface area (Å²) >= 11 is 0. The predicted molar refractivity (Wildman–Crippen MR) is 69.3 cm³/mol. The third kappa shape index (κ3) is 2.97. The number of pyridine rings is 1. The van der Waals surface area contributed by atoms with Crippen LogP contribution in [0.1, 0.15) is 11.1 Å². The van der Waals surface area contributed by atoms with Crippen molar-refractivity contribution in [2.45, 2.75) is 13.5 Å². The lowest BCUT2D eigenvalue weighted by molar-refractivity contribution is 0.415. The number of aryl methyl sites for hydroxylation is 1. The Hall–Kier alpha value is -2.03. The van der Waals surface area contributed by atoms with Crippen molar-refractivity contribution in [3.63, 3.8) is 0 Å². The van der Waals surface area contributed by atoms with Crippen molar-refractivity contribution in [1.82, 2.24) is 4.98 Å². The zero-order valence-electron chi connectivity index (χ0n) is 10.1. The maximum atomic E-state index is 5.18. The van der Waals surface area contributed by atoms with Crippen molar-refractivity contribution in [1.29, 1.82) is 0 Å². The van der Waals surface area contributed by atoms with Crippen LogP contribution in [0.4, 0.5) is 5.69 Å². The fourth-order valence-electron chi connectivity index (χ4n) is 1.61. The summed E-state index contributed by atoms with van der Waals surface area (Å²) in [4.78, 5) is 4.13. The van der Waals surface area contributed by atoms with Gasteiger partial charge >= 0.3 is 0 Å². The van der Waals surface area contributed by atoms with E-state index < -0.39 is 0 Å².